The number of benzene rings is 1. The van der Waals surface area contributed by atoms with Crippen LogP contribution < -0.4 is 0 Å². The highest BCUT2D eigenvalue weighted by molar-refractivity contribution is 9.10. The van der Waals surface area contributed by atoms with Crippen LogP contribution in [0.5, 0.6) is 0 Å². The van der Waals surface area contributed by atoms with Crippen LogP contribution in [-0.2, 0) is 6.54 Å². The zero-order chi connectivity index (χ0) is 14.8. The van der Waals surface area contributed by atoms with E-state index in [1.165, 1.54) is 12.8 Å². The number of carbonyl (C=O) groups is 1. The highest BCUT2D eigenvalue weighted by atomic mass is 79.9. The van der Waals surface area contributed by atoms with Crippen molar-refractivity contribution >= 4 is 21.8 Å². The van der Waals surface area contributed by atoms with E-state index >= 15 is 0 Å². The normalized spacial score (nSPS) is 15.7. The summed E-state index contributed by atoms with van der Waals surface area (Å²) in [5.41, 5.74) is 1.75. The van der Waals surface area contributed by atoms with E-state index in [4.69, 9.17) is 4.42 Å². The van der Waals surface area contributed by atoms with Crippen molar-refractivity contribution in [2.45, 2.75) is 32.4 Å². The fourth-order valence-electron chi connectivity index (χ4n) is 2.61. The first-order valence-electron chi connectivity index (χ1n) is 7.24. The summed E-state index contributed by atoms with van der Waals surface area (Å²) >= 11 is 3.31. The van der Waals surface area contributed by atoms with Crippen molar-refractivity contribution in [3.05, 3.63) is 58.5 Å². The Kier molecular flexibility index (Phi) is 4.15. The summed E-state index contributed by atoms with van der Waals surface area (Å²) in [5.74, 6) is 0.655. The van der Waals surface area contributed by atoms with E-state index in [1.807, 2.05) is 23.1 Å². The second-order valence-corrected chi connectivity index (χ2v) is 6.32. The van der Waals surface area contributed by atoms with Gasteiger partial charge in [-0.15, -0.1) is 0 Å². The molecule has 1 aromatic carbocycles. The van der Waals surface area contributed by atoms with E-state index in [9.17, 15) is 4.79 Å². The van der Waals surface area contributed by atoms with Gasteiger partial charge in [0.1, 0.15) is 0 Å². The van der Waals surface area contributed by atoms with Gasteiger partial charge in [-0.2, -0.15) is 0 Å². The molecule has 0 N–H and O–H groups in total. The molecule has 1 heterocycles. The van der Waals surface area contributed by atoms with Crippen LogP contribution >= 0.6 is 15.9 Å². The molecule has 110 valence electrons. The molecule has 1 unspecified atom stereocenters. The first kappa shape index (κ1) is 14.4. The molecule has 3 rings (SSSR count). The lowest BCUT2D eigenvalue weighted by Crippen LogP contribution is -2.39. The van der Waals surface area contributed by atoms with E-state index in [-0.39, 0.29) is 11.9 Å². The van der Waals surface area contributed by atoms with Gasteiger partial charge in [0.2, 0.25) is 0 Å². The van der Waals surface area contributed by atoms with Gasteiger partial charge < -0.3 is 9.32 Å². The zero-order valence-electron chi connectivity index (χ0n) is 12.0. The molecular formula is C17H18BrNO2. The number of amides is 1. The average molecular weight is 348 g/mol. The Morgan fingerprint density at radius 3 is 2.62 bits per heavy atom. The summed E-state index contributed by atoms with van der Waals surface area (Å²) in [6.07, 6.45) is 3.97. The molecule has 0 aliphatic heterocycles. The quantitative estimate of drug-likeness (QED) is 0.798. The maximum atomic E-state index is 12.8. The van der Waals surface area contributed by atoms with Gasteiger partial charge in [-0.3, -0.25) is 4.79 Å². The Morgan fingerprint density at radius 1 is 1.33 bits per heavy atom. The maximum absolute atomic E-state index is 12.8. The molecule has 1 amide bonds. The minimum Gasteiger partial charge on any atom is -0.457 e. The number of nitrogens with zero attached hydrogens (tertiary/aromatic N) is 1. The van der Waals surface area contributed by atoms with Crippen LogP contribution in [0.3, 0.4) is 0 Å². The molecule has 1 aromatic heterocycles. The summed E-state index contributed by atoms with van der Waals surface area (Å²) in [7, 11) is 0. The van der Waals surface area contributed by atoms with Crippen LogP contribution in [0.25, 0.3) is 0 Å². The van der Waals surface area contributed by atoms with Crippen molar-refractivity contribution in [1.29, 1.82) is 0 Å². The molecule has 1 atom stereocenters. The van der Waals surface area contributed by atoms with Crippen molar-refractivity contribution in [1.82, 2.24) is 4.90 Å². The predicted molar refractivity (Wildman–Crippen MR) is 84.9 cm³/mol. The third-order valence-corrected chi connectivity index (χ3v) is 4.71. The second-order valence-electron chi connectivity index (χ2n) is 5.60. The lowest BCUT2D eigenvalue weighted by atomic mass is 10.1. The summed E-state index contributed by atoms with van der Waals surface area (Å²) in [5, 5.41) is 0. The molecule has 2 aromatic rings. The predicted octanol–water partition coefficient (Wildman–Crippen LogP) is 4.48. The van der Waals surface area contributed by atoms with Crippen molar-refractivity contribution in [2.75, 3.05) is 0 Å². The minimum absolute atomic E-state index is 0.0267. The summed E-state index contributed by atoms with van der Waals surface area (Å²) in [6.45, 7) is 2.78. The van der Waals surface area contributed by atoms with Gasteiger partial charge in [0, 0.05) is 12.6 Å². The summed E-state index contributed by atoms with van der Waals surface area (Å²) < 4.78 is 5.72. The molecule has 1 saturated carbocycles. The Bertz CT molecular complexity index is 619. The maximum Gasteiger partial charge on any atom is 0.258 e. The van der Waals surface area contributed by atoms with Crippen LogP contribution in [-0.4, -0.2) is 16.8 Å². The standard InChI is InChI=1S/C17H18BrNO2/c1-12(14-7-8-14)19(11-13-5-3-2-4-6-13)17(20)15-9-10-21-16(15)18/h2-6,9-10,12,14H,7-8,11H2,1H3. The van der Waals surface area contributed by atoms with Gasteiger partial charge in [-0.05, 0) is 53.2 Å². The molecule has 1 fully saturated rings. The lowest BCUT2D eigenvalue weighted by Gasteiger charge is -2.29. The highest BCUT2D eigenvalue weighted by Crippen LogP contribution is 2.36. The SMILES string of the molecule is CC(C1CC1)N(Cc1ccccc1)C(=O)c1ccoc1Br. The molecule has 0 bridgehead atoms. The van der Waals surface area contributed by atoms with Crippen LogP contribution in [0.4, 0.5) is 0 Å². The highest BCUT2D eigenvalue weighted by Gasteiger charge is 2.35. The zero-order valence-corrected chi connectivity index (χ0v) is 13.5. The molecule has 4 heteroatoms. The van der Waals surface area contributed by atoms with E-state index in [2.05, 4.69) is 35.0 Å². The van der Waals surface area contributed by atoms with Gasteiger partial charge in [-0.25, -0.2) is 0 Å². The lowest BCUT2D eigenvalue weighted by molar-refractivity contribution is 0.0652. The molecular weight excluding hydrogens is 330 g/mol. The van der Waals surface area contributed by atoms with Crippen molar-refractivity contribution in [3.8, 4) is 0 Å². The second kappa shape index (κ2) is 6.06. The fourth-order valence-corrected chi connectivity index (χ4v) is 3.02. The first-order chi connectivity index (χ1) is 10.2. The third kappa shape index (κ3) is 3.21. The smallest absolute Gasteiger partial charge is 0.258 e. The molecule has 21 heavy (non-hydrogen) atoms. The average Bonchev–Trinajstić information content (AvgIpc) is 3.26. The number of rotatable bonds is 5. The number of furan rings is 1. The van der Waals surface area contributed by atoms with E-state index in [1.54, 1.807) is 12.3 Å². The van der Waals surface area contributed by atoms with Gasteiger partial charge in [0.15, 0.2) is 4.67 Å². The first-order valence-corrected chi connectivity index (χ1v) is 8.04. The van der Waals surface area contributed by atoms with E-state index < -0.39 is 0 Å². The number of hydrogen-bond donors (Lipinski definition) is 0. The Hall–Kier alpha value is -1.55. The Balaban J connectivity index is 1.85. The van der Waals surface area contributed by atoms with Gasteiger partial charge >= 0.3 is 0 Å². The molecule has 0 radical (unpaired) electrons. The molecule has 0 saturated heterocycles. The van der Waals surface area contributed by atoms with Crippen LogP contribution in [0, 0.1) is 5.92 Å². The van der Waals surface area contributed by atoms with Gasteiger partial charge in [-0.1, -0.05) is 30.3 Å². The minimum atomic E-state index is 0.0267. The third-order valence-electron chi connectivity index (χ3n) is 4.10. The number of hydrogen-bond acceptors (Lipinski definition) is 2. The Labute approximate surface area is 133 Å². The van der Waals surface area contributed by atoms with Crippen molar-refractivity contribution in [3.63, 3.8) is 0 Å². The van der Waals surface area contributed by atoms with E-state index in [0.29, 0.717) is 22.7 Å². The van der Waals surface area contributed by atoms with Gasteiger partial charge in [0.25, 0.3) is 5.91 Å². The topological polar surface area (TPSA) is 33.5 Å². The van der Waals surface area contributed by atoms with E-state index in [0.717, 1.165) is 5.56 Å². The number of carbonyl (C=O) groups excluding carboxylic acids is 1. The molecule has 0 spiro atoms. The van der Waals surface area contributed by atoms with Crippen LogP contribution in [0.1, 0.15) is 35.7 Å². The van der Waals surface area contributed by atoms with Crippen molar-refractivity contribution in [2.24, 2.45) is 5.92 Å². The molecule has 1 aliphatic rings. The van der Waals surface area contributed by atoms with Crippen LogP contribution in [0.2, 0.25) is 0 Å². The number of halogens is 1. The van der Waals surface area contributed by atoms with Crippen LogP contribution in [0.15, 0.2) is 51.7 Å². The van der Waals surface area contributed by atoms with Gasteiger partial charge in [0.05, 0.1) is 11.8 Å². The summed E-state index contributed by atoms with van der Waals surface area (Å²) in [4.78, 5) is 14.8. The largest absolute Gasteiger partial charge is 0.457 e. The fraction of sp³-hybridized carbons (Fsp3) is 0.353. The molecule has 3 nitrogen and oxygen atoms in total. The Morgan fingerprint density at radius 2 is 2.05 bits per heavy atom. The monoisotopic (exact) mass is 347 g/mol. The van der Waals surface area contributed by atoms with Crippen molar-refractivity contribution < 1.29 is 9.21 Å². The summed E-state index contributed by atoms with van der Waals surface area (Å²) in [6, 6.07) is 12.1. The molecule has 1 aliphatic carbocycles.